The van der Waals surface area contributed by atoms with E-state index in [1.54, 1.807) is 17.2 Å². The van der Waals surface area contributed by atoms with Crippen LogP contribution in [0.1, 0.15) is 34.6 Å². The quantitative estimate of drug-likeness (QED) is 0.198. The smallest absolute Gasteiger partial charge is 0.410 e. The van der Waals surface area contributed by atoms with Gasteiger partial charge in [-0.1, -0.05) is 23.2 Å². The highest BCUT2D eigenvalue weighted by Crippen LogP contribution is 2.36. The zero-order valence-electron chi connectivity index (χ0n) is 21.1. The van der Waals surface area contributed by atoms with E-state index in [1.165, 1.54) is 11.9 Å². The van der Waals surface area contributed by atoms with E-state index in [1.807, 2.05) is 69.3 Å². The predicted molar refractivity (Wildman–Crippen MR) is 151 cm³/mol. The van der Waals surface area contributed by atoms with Gasteiger partial charge in [-0.2, -0.15) is 0 Å². The van der Waals surface area contributed by atoms with Gasteiger partial charge in [-0.05, 0) is 83.0 Å². The van der Waals surface area contributed by atoms with Crippen LogP contribution in [-0.4, -0.2) is 56.6 Å². The molecule has 0 spiro atoms. The highest BCUT2D eigenvalue weighted by molar-refractivity contribution is 8.00. The molecular formula is C25H32Cl2N4O3S2. The Morgan fingerprint density at radius 3 is 2.39 bits per heavy atom. The van der Waals surface area contributed by atoms with E-state index in [0.717, 1.165) is 21.5 Å². The molecule has 0 fully saturated rings. The third kappa shape index (κ3) is 7.40. The molecule has 0 aliphatic carbocycles. The molecule has 3 rings (SSSR count). The minimum atomic E-state index is -1.35. The van der Waals surface area contributed by atoms with E-state index in [9.17, 15) is 9.35 Å². The fraction of sp³-hybridized carbons (Fsp3) is 0.400. The maximum absolute atomic E-state index is 13.2. The molecule has 3 aromatic rings. The number of aromatic amines is 1. The molecule has 0 radical (unpaired) electrons. The fourth-order valence-electron chi connectivity index (χ4n) is 3.44. The molecule has 0 aliphatic rings. The minimum Gasteiger partial charge on any atom is -0.593 e. The van der Waals surface area contributed by atoms with Crippen LogP contribution in [0.5, 0.6) is 0 Å². The summed E-state index contributed by atoms with van der Waals surface area (Å²) in [5.74, 6) is 0. The largest absolute Gasteiger partial charge is 0.593 e. The second-order valence-corrected chi connectivity index (χ2v) is 12.2. The Balaban J connectivity index is 1.60. The van der Waals surface area contributed by atoms with Gasteiger partial charge in [0.05, 0.1) is 39.2 Å². The number of ether oxygens (including phenoxy) is 1. The summed E-state index contributed by atoms with van der Waals surface area (Å²) in [5, 5.41) is 1.94. The van der Waals surface area contributed by atoms with E-state index in [-0.39, 0.29) is 6.09 Å². The number of anilines is 1. The van der Waals surface area contributed by atoms with E-state index < -0.39 is 17.0 Å². The number of halogens is 2. The van der Waals surface area contributed by atoms with Crippen molar-refractivity contribution in [2.75, 3.05) is 30.9 Å². The first-order valence-electron chi connectivity index (χ1n) is 11.7. The van der Waals surface area contributed by atoms with Crippen LogP contribution in [-0.2, 0) is 16.1 Å². The van der Waals surface area contributed by atoms with Gasteiger partial charge in [-0.3, -0.25) is 0 Å². The number of carbonyl (C=O) groups excluding carboxylic acids is 1. The van der Waals surface area contributed by atoms with Gasteiger partial charge in [0.2, 0.25) is 0 Å². The van der Waals surface area contributed by atoms with Gasteiger partial charge in [0.25, 0.3) is 0 Å². The minimum absolute atomic E-state index is 0.361. The molecule has 196 valence electrons. The van der Waals surface area contributed by atoms with Crippen molar-refractivity contribution in [3.63, 3.8) is 0 Å². The zero-order chi connectivity index (χ0) is 26.5. The predicted octanol–water partition coefficient (Wildman–Crippen LogP) is 7.20. The molecule has 1 atom stereocenters. The Bertz CT molecular complexity index is 1170. The van der Waals surface area contributed by atoms with Gasteiger partial charge in [0, 0.05) is 36.1 Å². The Hall–Kier alpha value is -1.75. The summed E-state index contributed by atoms with van der Waals surface area (Å²) in [4.78, 5) is 18.8. The molecule has 7 nitrogen and oxygen atoms in total. The molecule has 1 aromatic heterocycles. The normalized spacial score (nSPS) is 12.7. The second kappa shape index (κ2) is 12.7. The van der Waals surface area contributed by atoms with Crippen molar-refractivity contribution in [2.24, 2.45) is 0 Å². The molecule has 0 aliphatic heterocycles. The number of hydrogen-bond donors (Lipinski definition) is 2. The first-order valence-corrected chi connectivity index (χ1v) is 14.3. The van der Waals surface area contributed by atoms with Gasteiger partial charge >= 0.3 is 6.09 Å². The summed E-state index contributed by atoms with van der Waals surface area (Å²) >= 11 is 12.6. The van der Waals surface area contributed by atoms with Crippen LogP contribution >= 0.6 is 35.1 Å². The van der Waals surface area contributed by atoms with Crippen LogP contribution in [0, 0.1) is 0 Å². The fourth-order valence-corrected chi connectivity index (χ4v) is 5.81. The Kier molecular flexibility index (Phi) is 10.1. The van der Waals surface area contributed by atoms with Crippen molar-refractivity contribution in [3.8, 4) is 0 Å². The van der Waals surface area contributed by atoms with E-state index in [0.29, 0.717) is 41.1 Å². The van der Waals surface area contributed by atoms with Crippen LogP contribution in [0.3, 0.4) is 0 Å². The number of nitrogens with one attached hydrogen (secondary N) is 2. The molecular weight excluding hydrogens is 539 g/mol. The number of benzene rings is 2. The highest BCUT2D eigenvalue weighted by atomic mass is 35.5. The summed E-state index contributed by atoms with van der Waals surface area (Å²) < 4.78 is 23.8. The monoisotopic (exact) mass is 570 g/mol. The van der Waals surface area contributed by atoms with E-state index >= 15 is 0 Å². The molecule has 1 amide bonds. The van der Waals surface area contributed by atoms with Crippen LogP contribution in [0.2, 0.25) is 10.0 Å². The van der Waals surface area contributed by atoms with Gasteiger partial charge in [0.1, 0.15) is 5.60 Å². The van der Waals surface area contributed by atoms with Crippen molar-refractivity contribution >= 4 is 69.2 Å². The molecule has 36 heavy (non-hydrogen) atoms. The molecule has 0 saturated heterocycles. The SMILES string of the molecule is CCN(CCN(CC)[S+]([O-])c1ccc(SNc2ccc(Cl)c3c(Cl)c[nH]c23)cc1)C(=O)OC(C)(C)C. The lowest BCUT2D eigenvalue weighted by Crippen LogP contribution is -2.42. The standard InChI is InChI=1S/C25H32Cl2N4O3S2/c1-6-30(24(32)34-25(3,4)5)14-15-31(7-2)36(33)18-10-8-17(9-11-18)35-29-21-13-12-19(26)22-20(27)16-28-23(21)22/h8-13,16,28-29H,6-7,14-15H2,1-5H3. The topological polar surface area (TPSA) is 83.7 Å². The lowest BCUT2D eigenvalue weighted by molar-refractivity contribution is 0.0254. The molecule has 2 N–H and O–H groups in total. The number of fused-ring (bicyclic) bond motifs is 1. The molecule has 1 unspecified atom stereocenters. The van der Waals surface area contributed by atoms with Gasteiger partial charge < -0.3 is 23.9 Å². The summed E-state index contributed by atoms with van der Waals surface area (Å²) in [6, 6.07) is 11.3. The lowest BCUT2D eigenvalue weighted by Gasteiger charge is -2.29. The second-order valence-electron chi connectivity index (χ2n) is 8.99. The van der Waals surface area contributed by atoms with E-state index in [4.69, 9.17) is 27.9 Å². The number of nitrogens with zero attached hydrogens (tertiary/aromatic N) is 2. The average Bonchev–Trinajstić information content (AvgIpc) is 3.23. The number of likely N-dealkylation sites (N-methyl/N-ethyl adjacent to an activating group) is 2. The van der Waals surface area contributed by atoms with Gasteiger partial charge in [-0.25, -0.2) is 4.79 Å². The molecule has 2 aromatic carbocycles. The van der Waals surface area contributed by atoms with Gasteiger partial charge in [0.15, 0.2) is 4.90 Å². The Morgan fingerprint density at radius 1 is 1.08 bits per heavy atom. The first kappa shape index (κ1) is 28.8. The third-order valence-corrected chi connectivity index (χ3v) is 8.31. The molecule has 1 heterocycles. The van der Waals surface area contributed by atoms with Crippen LogP contribution in [0.25, 0.3) is 10.9 Å². The summed E-state index contributed by atoms with van der Waals surface area (Å²) in [7, 11) is 0. The number of carbonyl (C=O) groups is 1. The van der Waals surface area contributed by atoms with Crippen molar-refractivity contribution < 1.29 is 14.1 Å². The van der Waals surface area contributed by atoms with E-state index in [2.05, 4.69) is 9.71 Å². The maximum Gasteiger partial charge on any atom is 0.410 e. The Labute approximate surface area is 230 Å². The number of rotatable bonds is 10. The molecule has 0 bridgehead atoms. The summed E-state index contributed by atoms with van der Waals surface area (Å²) in [6.45, 7) is 11.4. The maximum atomic E-state index is 13.2. The number of aromatic nitrogens is 1. The van der Waals surface area contributed by atoms with Crippen molar-refractivity contribution in [1.82, 2.24) is 14.2 Å². The summed E-state index contributed by atoms with van der Waals surface area (Å²) in [5.41, 5.74) is 1.14. The average molecular weight is 572 g/mol. The third-order valence-electron chi connectivity index (χ3n) is 5.28. The highest BCUT2D eigenvalue weighted by Gasteiger charge is 2.25. The van der Waals surface area contributed by atoms with Crippen molar-refractivity contribution in [1.29, 1.82) is 0 Å². The van der Waals surface area contributed by atoms with Crippen LogP contribution < -0.4 is 4.72 Å². The lowest BCUT2D eigenvalue weighted by atomic mass is 10.2. The van der Waals surface area contributed by atoms with Crippen LogP contribution in [0.4, 0.5) is 10.5 Å². The van der Waals surface area contributed by atoms with Gasteiger partial charge in [-0.15, -0.1) is 4.31 Å². The molecule has 11 heteroatoms. The number of H-pyrrole nitrogens is 1. The number of amides is 1. The summed E-state index contributed by atoms with van der Waals surface area (Å²) in [6.07, 6.45) is 1.35. The first-order chi connectivity index (χ1) is 17.0. The number of hydrogen-bond acceptors (Lipinski definition) is 6. The van der Waals surface area contributed by atoms with Crippen LogP contribution in [0.15, 0.2) is 52.4 Å². The zero-order valence-corrected chi connectivity index (χ0v) is 24.2. The van der Waals surface area contributed by atoms with Crippen molar-refractivity contribution in [3.05, 3.63) is 52.6 Å². The molecule has 0 saturated carbocycles. The van der Waals surface area contributed by atoms with Crippen molar-refractivity contribution in [2.45, 2.75) is 50.0 Å². The Morgan fingerprint density at radius 2 is 1.78 bits per heavy atom.